The highest BCUT2D eigenvalue weighted by Crippen LogP contribution is 2.24. The molecule has 0 saturated heterocycles. The van der Waals surface area contributed by atoms with Crippen molar-refractivity contribution in [1.82, 2.24) is 0 Å². The van der Waals surface area contributed by atoms with Crippen LogP contribution in [-0.2, 0) is 20.2 Å². The summed E-state index contributed by atoms with van der Waals surface area (Å²) in [5.74, 6) is -0.768. The lowest BCUT2D eigenvalue weighted by Crippen LogP contribution is -2.45. The van der Waals surface area contributed by atoms with Crippen LogP contribution in [-0.4, -0.2) is 32.5 Å². The molecule has 2 amide bonds. The maximum atomic E-state index is 12.9. The number of carbonyl (C=O) groups excluding carboxylic acids is 2. The van der Waals surface area contributed by atoms with Crippen LogP contribution in [0.15, 0.2) is 78.9 Å². The molecule has 0 bridgehead atoms. The summed E-state index contributed by atoms with van der Waals surface area (Å²) in [4.78, 5) is 25.6. The van der Waals surface area contributed by atoms with E-state index in [1.54, 1.807) is 66.7 Å². The van der Waals surface area contributed by atoms with E-state index in [9.17, 15) is 18.0 Å². The van der Waals surface area contributed by atoms with Gasteiger partial charge in [0.05, 0.1) is 11.9 Å². The number of carbonyl (C=O) groups is 2. The van der Waals surface area contributed by atoms with Gasteiger partial charge in [0, 0.05) is 16.9 Å². The van der Waals surface area contributed by atoms with Crippen molar-refractivity contribution in [3.63, 3.8) is 0 Å². The zero-order valence-electron chi connectivity index (χ0n) is 20.6. The highest BCUT2D eigenvalue weighted by molar-refractivity contribution is 7.92. The van der Waals surface area contributed by atoms with Gasteiger partial charge < -0.3 is 10.6 Å². The van der Waals surface area contributed by atoms with Crippen LogP contribution in [0.2, 0.25) is 0 Å². The Kier molecular flexibility index (Phi) is 7.65. The summed E-state index contributed by atoms with van der Waals surface area (Å²) in [6.45, 7) is 7.85. The molecule has 8 heteroatoms. The lowest BCUT2D eigenvalue weighted by atomic mass is 9.87. The Morgan fingerprint density at radius 2 is 1.40 bits per heavy atom. The van der Waals surface area contributed by atoms with E-state index >= 15 is 0 Å². The minimum atomic E-state index is -3.71. The molecular weight excluding hydrogens is 462 g/mol. The molecule has 0 fully saturated rings. The van der Waals surface area contributed by atoms with Gasteiger partial charge in [-0.05, 0) is 60.4 Å². The van der Waals surface area contributed by atoms with Crippen molar-refractivity contribution in [3.05, 3.63) is 90.0 Å². The molecule has 3 aromatic rings. The fourth-order valence-electron chi connectivity index (χ4n) is 3.63. The number of nitrogens with zero attached hydrogens (tertiary/aromatic N) is 1. The van der Waals surface area contributed by atoms with Crippen LogP contribution in [0.1, 0.15) is 43.6 Å². The predicted molar refractivity (Wildman–Crippen MR) is 141 cm³/mol. The smallest absolute Gasteiger partial charge is 0.255 e. The molecule has 1 atom stereocenters. The number of hydrogen-bond donors (Lipinski definition) is 2. The van der Waals surface area contributed by atoms with E-state index < -0.39 is 22.0 Å². The molecule has 0 aliphatic carbocycles. The second kappa shape index (κ2) is 10.3. The third-order valence-electron chi connectivity index (χ3n) is 5.50. The summed E-state index contributed by atoms with van der Waals surface area (Å²) in [6, 6.07) is 21.6. The van der Waals surface area contributed by atoms with Gasteiger partial charge in [-0.1, -0.05) is 57.2 Å². The Morgan fingerprint density at radius 1 is 0.829 bits per heavy atom. The largest absolute Gasteiger partial charge is 0.324 e. The fraction of sp³-hybridized carbons (Fsp3) is 0.259. The van der Waals surface area contributed by atoms with Gasteiger partial charge in [-0.2, -0.15) is 0 Å². The topological polar surface area (TPSA) is 95.6 Å². The second-order valence-corrected chi connectivity index (χ2v) is 11.3. The zero-order valence-corrected chi connectivity index (χ0v) is 21.4. The number of rotatable bonds is 7. The van der Waals surface area contributed by atoms with Crippen molar-refractivity contribution in [2.45, 2.75) is 39.2 Å². The van der Waals surface area contributed by atoms with E-state index in [0.29, 0.717) is 22.6 Å². The standard InChI is InChI=1S/C27H31N3O4S/c1-19(30(35(5,33)34)24-12-7-6-8-13-24)25(31)28-22-10-9-11-23(18-22)29-26(32)20-14-16-21(17-15-20)27(2,3)4/h6-19H,1-5H3,(H,28,31)(H,29,32). The van der Waals surface area contributed by atoms with Crippen LogP contribution < -0.4 is 14.9 Å². The number of benzene rings is 3. The SMILES string of the molecule is CC(C(=O)Nc1cccc(NC(=O)c2ccc(C(C)(C)C)cc2)c1)N(c1ccccc1)S(C)(=O)=O. The van der Waals surface area contributed by atoms with Gasteiger partial charge in [-0.25, -0.2) is 8.42 Å². The highest BCUT2D eigenvalue weighted by Gasteiger charge is 2.29. The molecule has 3 rings (SSSR count). The monoisotopic (exact) mass is 493 g/mol. The van der Waals surface area contributed by atoms with Gasteiger partial charge in [-0.15, -0.1) is 0 Å². The van der Waals surface area contributed by atoms with E-state index in [2.05, 4.69) is 31.4 Å². The molecule has 0 radical (unpaired) electrons. The molecule has 1 unspecified atom stereocenters. The first-order valence-electron chi connectivity index (χ1n) is 11.2. The molecule has 0 heterocycles. The number of sulfonamides is 1. The summed E-state index contributed by atoms with van der Waals surface area (Å²) in [5, 5.41) is 5.58. The van der Waals surface area contributed by atoms with E-state index in [4.69, 9.17) is 0 Å². The molecule has 0 saturated carbocycles. The summed E-state index contributed by atoms with van der Waals surface area (Å²) in [6.07, 6.45) is 1.06. The second-order valence-electron chi connectivity index (χ2n) is 9.42. The highest BCUT2D eigenvalue weighted by atomic mass is 32.2. The number of hydrogen-bond acceptors (Lipinski definition) is 4. The number of para-hydroxylation sites is 1. The van der Waals surface area contributed by atoms with Crippen molar-refractivity contribution in [2.24, 2.45) is 0 Å². The normalized spacial score (nSPS) is 12.5. The molecule has 0 aliphatic heterocycles. The van der Waals surface area contributed by atoms with Crippen LogP contribution in [0.3, 0.4) is 0 Å². The number of anilines is 3. The van der Waals surface area contributed by atoms with Crippen molar-refractivity contribution in [2.75, 3.05) is 21.2 Å². The molecule has 184 valence electrons. The van der Waals surface area contributed by atoms with Gasteiger partial charge in [0.15, 0.2) is 0 Å². The van der Waals surface area contributed by atoms with Crippen molar-refractivity contribution < 1.29 is 18.0 Å². The Hall–Kier alpha value is -3.65. The molecule has 3 aromatic carbocycles. The van der Waals surface area contributed by atoms with Gasteiger partial charge in [-0.3, -0.25) is 13.9 Å². The summed E-state index contributed by atoms with van der Waals surface area (Å²) in [7, 11) is -3.71. The zero-order chi connectivity index (χ0) is 25.8. The average Bonchev–Trinajstić information content (AvgIpc) is 2.78. The van der Waals surface area contributed by atoms with E-state index in [1.165, 1.54) is 6.92 Å². The predicted octanol–water partition coefficient (Wildman–Crippen LogP) is 5.03. The Balaban J connectivity index is 1.73. The molecule has 0 aliphatic rings. The summed E-state index contributed by atoms with van der Waals surface area (Å²) >= 11 is 0. The third kappa shape index (κ3) is 6.70. The Morgan fingerprint density at radius 3 is 1.94 bits per heavy atom. The molecule has 0 spiro atoms. The minimum absolute atomic E-state index is 0.00806. The van der Waals surface area contributed by atoms with E-state index in [1.807, 2.05) is 12.1 Å². The first-order valence-corrected chi connectivity index (χ1v) is 13.1. The molecule has 2 N–H and O–H groups in total. The Labute approximate surface area is 207 Å². The summed E-state index contributed by atoms with van der Waals surface area (Å²) in [5.41, 5.74) is 2.98. The third-order valence-corrected chi connectivity index (χ3v) is 6.74. The maximum absolute atomic E-state index is 12.9. The van der Waals surface area contributed by atoms with Gasteiger partial charge >= 0.3 is 0 Å². The lowest BCUT2D eigenvalue weighted by Gasteiger charge is -2.28. The number of nitrogens with one attached hydrogen (secondary N) is 2. The summed E-state index contributed by atoms with van der Waals surface area (Å²) < 4.78 is 25.9. The van der Waals surface area contributed by atoms with Crippen molar-refractivity contribution in [1.29, 1.82) is 0 Å². The lowest BCUT2D eigenvalue weighted by molar-refractivity contribution is -0.116. The van der Waals surface area contributed by atoms with Gasteiger partial charge in [0.25, 0.3) is 5.91 Å². The quantitative estimate of drug-likeness (QED) is 0.483. The molecular formula is C27H31N3O4S. The van der Waals surface area contributed by atoms with Crippen molar-refractivity contribution >= 4 is 38.9 Å². The molecule has 35 heavy (non-hydrogen) atoms. The van der Waals surface area contributed by atoms with Crippen LogP contribution in [0.25, 0.3) is 0 Å². The number of amides is 2. The first-order chi connectivity index (χ1) is 16.4. The van der Waals surface area contributed by atoms with Crippen LogP contribution in [0, 0.1) is 0 Å². The van der Waals surface area contributed by atoms with Crippen LogP contribution >= 0.6 is 0 Å². The minimum Gasteiger partial charge on any atom is -0.324 e. The van der Waals surface area contributed by atoms with Crippen LogP contribution in [0.4, 0.5) is 17.1 Å². The van der Waals surface area contributed by atoms with Gasteiger partial charge in [0.2, 0.25) is 15.9 Å². The maximum Gasteiger partial charge on any atom is 0.255 e. The molecule has 0 aromatic heterocycles. The Bertz CT molecular complexity index is 1300. The van der Waals surface area contributed by atoms with E-state index in [0.717, 1.165) is 16.1 Å². The average molecular weight is 494 g/mol. The van der Waals surface area contributed by atoms with Crippen molar-refractivity contribution in [3.8, 4) is 0 Å². The fourth-order valence-corrected chi connectivity index (χ4v) is 4.80. The molecule has 7 nitrogen and oxygen atoms in total. The van der Waals surface area contributed by atoms with Gasteiger partial charge in [0.1, 0.15) is 6.04 Å². The van der Waals surface area contributed by atoms with Crippen LogP contribution in [0.5, 0.6) is 0 Å². The van der Waals surface area contributed by atoms with E-state index in [-0.39, 0.29) is 11.3 Å². The first kappa shape index (κ1) is 26.0.